The van der Waals surface area contributed by atoms with Gasteiger partial charge < -0.3 is 0 Å². The highest BCUT2D eigenvalue weighted by Gasteiger charge is 2.18. The maximum absolute atomic E-state index is 2.88. The Labute approximate surface area is 180 Å². The summed E-state index contributed by atoms with van der Waals surface area (Å²) in [4.78, 5) is 0. The maximum Gasteiger partial charge on any atom is 0.117 e. The Balaban J connectivity index is 2.40. The molecule has 28 heavy (non-hydrogen) atoms. The van der Waals surface area contributed by atoms with E-state index in [1.807, 2.05) is 0 Å². The van der Waals surface area contributed by atoms with Gasteiger partial charge in [0.05, 0.1) is 0 Å². The third-order valence-corrected chi connectivity index (χ3v) is 7.05. The van der Waals surface area contributed by atoms with Crippen LogP contribution in [0.25, 0.3) is 0 Å². The van der Waals surface area contributed by atoms with Crippen LogP contribution in [0.4, 0.5) is 0 Å². The Bertz CT molecular complexity index is 275. The minimum absolute atomic E-state index is 0.918. The zero-order valence-corrected chi connectivity index (χ0v) is 20.0. The van der Waals surface area contributed by atoms with Gasteiger partial charge in [0, 0.05) is 0 Å². The van der Waals surface area contributed by atoms with Gasteiger partial charge >= 0.3 is 0 Å². The van der Waals surface area contributed by atoms with Gasteiger partial charge in [0.15, 0.2) is 0 Å². The zero-order valence-electron chi connectivity index (χ0n) is 20.0. The van der Waals surface area contributed by atoms with Gasteiger partial charge in [0.25, 0.3) is 0 Å². The minimum Gasteiger partial charge on any atom is -0.0686 e. The van der Waals surface area contributed by atoms with Crippen molar-refractivity contribution in [1.82, 2.24) is 0 Å². The number of rotatable bonds is 14. The Morgan fingerprint density at radius 1 is 0.536 bits per heavy atom. The second-order valence-electron chi connectivity index (χ2n) is 9.88. The lowest BCUT2D eigenvalue weighted by molar-refractivity contribution is 0.493. The standard InChI is InChI=1S/C27H54B/c1-3-5-7-14-18-22-26(23-19-15-8-6-4-2)28-27-24-20-16-12-10-9-11-13-17-21-25-27/h26-27H,3-25H2,1-2H3. The first-order chi connectivity index (χ1) is 13.9. The van der Waals surface area contributed by atoms with Gasteiger partial charge in [-0.25, -0.2) is 0 Å². The Morgan fingerprint density at radius 2 is 0.929 bits per heavy atom. The number of hydrogen-bond donors (Lipinski definition) is 0. The molecule has 1 rings (SSSR count). The number of unbranched alkanes of at least 4 members (excludes halogenated alkanes) is 8. The topological polar surface area (TPSA) is 0 Å². The van der Waals surface area contributed by atoms with Crippen LogP contribution in [0.1, 0.15) is 162 Å². The average molecular weight is 390 g/mol. The van der Waals surface area contributed by atoms with Gasteiger partial charge in [-0.05, 0) is 0 Å². The van der Waals surface area contributed by atoms with Crippen molar-refractivity contribution < 1.29 is 0 Å². The van der Waals surface area contributed by atoms with E-state index in [4.69, 9.17) is 0 Å². The first-order valence-electron chi connectivity index (χ1n) is 13.7. The maximum atomic E-state index is 2.88. The second-order valence-corrected chi connectivity index (χ2v) is 9.88. The Morgan fingerprint density at radius 3 is 1.36 bits per heavy atom. The molecular weight excluding hydrogens is 335 g/mol. The highest BCUT2D eigenvalue weighted by atomic mass is 14.1. The van der Waals surface area contributed by atoms with Crippen molar-refractivity contribution in [3.63, 3.8) is 0 Å². The molecule has 0 aromatic rings. The summed E-state index contributed by atoms with van der Waals surface area (Å²) in [5, 5.41) is 0. The van der Waals surface area contributed by atoms with E-state index >= 15 is 0 Å². The van der Waals surface area contributed by atoms with E-state index in [1.165, 1.54) is 148 Å². The number of hydrogen-bond acceptors (Lipinski definition) is 0. The van der Waals surface area contributed by atoms with Crippen LogP contribution >= 0.6 is 0 Å². The molecule has 0 aromatic carbocycles. The SMILES string of the molecule is CCCCCCCC([B]C1CCCCCCCCCCC1)CCCCCCC. The smallest absolute Gasteiger partial charge is 0.0686 e. The third kappa shape index (κ3) is 15.9. The van der Waals surface area contributed by atoms with E-state index in [2.05, 4.69) is 21.1 Å². The molecule has 1 radical (unpaired) electrons. The van der Waals surface area contributed by atoms with Gasteiger partial charge in [-0.2, -0.15) is 0 Å². The van der Waals surface area contributed by atoms with E-state index in [9.17, 15) is 0 Å². The molecule has 0 N–H and O–H groups in total. The fourth-order valence-electron chi connectivity index (χ4n) is 5.13. The van der Waals surface area contributed by atoms with Crippen molar-refractivity contribution >= 4 is 7.28 Å². The van der Waals surface area contributed by atoms with E-state index in [1.54, 1.807) is 0 Å². The van der Waals surface area contributed by atoms with Crippen LogP contribution in [0.5, 0.6) is 0 Å². The summed E-state index contributed by atoms with van der Waals surface area (Å²) in [5.74, 6) is 1.84. The third-order valence-electron chi connectivity index (χ3n) is 7.05. The van der Waals surface area contributed by atoms with Crippen molar-refractivity contribution in [1.29, 1.82) is 0 Å². The van der Waals surface area contributed by atoms with Crippen molar-refractivity contribution in [2.75, 3.05) is 0 Å². The van der Waals surface area contributed by atoms with Crippen molar-refractivity contribution in [2.45, 2.75) is 173 Å². The quantitative estimate of drug-likeness (QED) is 0.205. The summed E-state index contributed by atoms with van der Waals surface area (Å²) in [6.07, 6.45) is 33.8. The average Bonchev–Trinajstić information content (AvgIpc) is 2.69. The predicted octanol–water partition coefficient (Wildman–Crippen LogP) is 10.3. The first-order valence-corrected chi connectivity index (χ1v) is 13.7. The minimum atomic E-state index is 0.918. The lowest BCUT2D eigenvalue weighted by Gasteiger charge is -2.23. The summed E-state index contributed by atoms with van der Waals surface area (Å²) in [6.45, 7) is 4.66. The molecule has 0 saturated heterocycles. The fourth-order valence-corrected chi connectivity index (χ4v) is 5.13. The van der Waals surface area contributed by atoms with Crippen LogP contribution in [-0.4, -0.2) is 7.28 Å². The molecule has 1 fully saturated rings. The summed E-state index contributed by atoms with van der Waals surface area (Å²) in [5.41, 5.74) is 0. The van der Waals surface area contributed by atoms with Crippen LogP contribution in [0.15, 0.2) is 0 Å². The van der Waals surface area contributed by atoms with Crippen LogP contribution in [0, 0.1) is 0 Å². The molecule has 0 bridgehead atoms. The normalized spacial score (nSPS) is 18.0. The lowest BCUT2D eigenvalue weighted by atomic mass is 9.50. The molecule has 0 spiro atoms. The molecule has 1 aliphatic carbocycles. The zero-order chi connectivity index (χ0) is 20.1. The molecule has 0 atom stereocenters. The Hall–Kier alpha value is 0.0649. The van der Waals surface area contributed by atoms with E-state index in [-0.39, 0.29) is 0 Å². The van der Waals surface area contributed by atoms with E-state index < -0.39 is 0 Å². The van der Waals surface area contributed by atoms with Crippen molar-refractivity contribution in [3.8, 4) is 0 Å². The largest absolute Gasteiger partial charge is 0.117 e. The molecule has 165 valence electrons. The summed E-state index contributed by atoms with van der Waals surface area (Å²) in [7, 11) is 2.88. The Kier molecular flexibility index (Phi) is 19.0. The fraction of sp³-hybridized carbons (Fsp3) is 1.00. The molecule has 0 nitrogen and oxygen atoms in total. The summed E-state index contributed by atoms with van der Waals surface area (Å²) >= 11 is 0. The highest BCUT2D eigenvalue weighted by molar-refractivity contribution is 6.39. The molecule has 1 saturated carbocycles. The molecule has 1 aliphatic rings. The molecular formula is C27H54B. The summed E-state index contributed by atoms with van der Waals surface area (Å²) < 4.78 is 0. The molecule has 0 aromatic heterocycles. The van der Waals surface area contributed by atoms with E-state index in [0.29, 0.717) is 0 Å². The first kappa shape index (κ1) is 26.1. The van der Waals surface area contributed by atoms with Crippen LogP contribution < -0.4 is 0 Å². The summed E-state index contributed by atoms with van der Waals surface area (Å²) in [6, 6.07) is 0. The molecule has 1 heteroatoms. The van der Waals surface area contributed by atoms with Crippen molar-refractivity contribution in [3.05, 3.63) is 0 Å². The monoisotopic (exact) mass is 389 g/mol. The second kappa shape index (κ2) is 20.3. The van der Waals surface area contributed by atoms with E-state index in [0.717, 1.165) is 11.6 Å². The lowest BCUT2D eigenvalue weighted by Crippen LogP contribution is -2.13. The van der Waals surface area contributed by atoms with Crippen LogP contribution in [0.2, 0.25) is 11.6 Å². The molecule has 0 amide bonds. The van der Waals surface area contributed by atoms with Gasteiger partial charge in [-0.1, -0.05) is 173 Å². The molecule has 0 unspecified atom stereocenters. The van der Waals surface area contributed by atoms with Crippen LogP contribution in [0.3, 0.4) is 0 Å². The van der Waals surface area contributed by atoms with Gasteiger partial charge in [0.2, 0.25) is 0 Å². The van der Waals surface area contributed by atoms with Gasteiger partial charge in [0.1, 0.15) is 7.28 Å². The van der Waals surface area contributed by atoms with Gasteiger partial charge in [-0.15, -0.1) is 0 Å². The van der Waals surface area contributed by atoms with Crippen molar-refractivity contribution in [2.24, 2.45) is 0 Å². The van der Waals surface area contributed by atoms with Crippen LogP contribution in [-0.2, 0) is 0 Å². The molecule has 0 aliphatic heterocycles. The molecule has 0 heterocycles. The predicted molar refractivity (Wildman–Crippen MR) is 131 cm³/mol. The van der Waals surface area contributed by atoms with Gasteiger partial charge in [-0.3, -0.25) is 0 Å². The highest BCUT2D eigenvalue weighted by Crippen LogP contribution is 2.32.